The lowest BCUT2D eigenvalue weighted by Gasteiger charge is -2.11. The van der Waals surface area contributed by atoms with Gasteiger partial charge in [0.1, 0.15) is 12.4 Å². The molecule has 2 N–H and O–H groups in total. The molecule has 2 rings (SSSR count). The third-order valence-electron chi connectivity index (χ3n) is 3.16. The van der Waals surface area contributed by atoms with Gasteiger partial charge in [0.05, 0.1) is 12.3 Å². The van der Waals surface area contributed by atoms with E-state index in [0.29, 0.717) is 18.3 Å². The van der Waals surface area contributed by atoms with Crippen molar-refractivity contribution in [1.82, 2.24) is 10.7 Å². The minimum atomic E-state index is 0.247. The van der Waals surface area contributed by atoms with E-state index < -0.39 is 0 Å². The van der Waals surface area contributed by atoms with Gasteiger partial charge in [-0.1, -0.05) is 24.8 Å². The number of ether oxygens (including phenoxy) is 2. The highest BCUT2D eigenvalue weighted by atomic mass is 32.1. The van der Waals surface area contributed by atoms with Crippen LogP contribution >= 0.6 is 12.2 Å². The fraction of sp³-hybridized carbons (Fsp3) is 0.375. The summed E-state index contributed by atoms with van der Waals surface area (Å²) >= 11 is 5.17. The number of thiocarbonyl (C=S) groups is 1. The van der Waals surface area contributed by atoms with Crippen LogP contribution in [0.5, 0.6) is 5.75 Å². The second-order valence-corrected chi connectivity index (χ2v) is 5.26. The molecule has 1 aliphatic heterocycles. The number of nitrogens with one attached hydrogen (secondary N) is 2. The summed E-state index contributed by atoms with van der Waals surface area (Å²) < 4.78 is 11.1. The Labute approximate surface area is 136 Å². The lowest BCUT2D eigenvalue weighted by Crippen LogP contribution is -2.37. The van der Waals surface area contributed by atoms with E-state index in [0.717, 1.165) is 30.8 Å². The van der Waals surface area contributed by atoms with Gasteiger partial charge in [0.15, 0.2) is 5.11 Å². The largest absolute Gasteiger partial charge is 0.489 e. The van der Waals surface area contributed by atoms with Crippen molar-refractivity contribution >= 4 is 23.5 Å². The molecule has 0 spiro atoms. The fourth-order valence-electron chi connectivity index (χ4n) is 2.08. The molecule has 0 aliphatic carbocycles. The van der Waals surface area contributed by atoms with E-state index in [2.05, 4.69) is 22.4 Å². The molecular weight excluding hydrogens is 298 g/mol. The van der Waals surface area contributed by atoms with Crippen molar-refractivity contribution < 1.29 is 9.47 Å². The molecule has 1 atom stereocenters. The average Bonchev–Trinajstić information content (AvgIpc) is 3.05. The van der Waals surface area contributed by atoms with Crippen molar-refractivity contribution in [2.45, 2.75) is 18.9 Å². The van der Waals surface area contributed by atoms with Crippen LogP contribution in [0.25, 0.3) is 0 Å². The quantitative estimate of drug-likeness (QED) is 0.349. The van der Waals surface area contributed by atoms with E-state index in [1.54, 1.807) is 12.3 Å². The van der Waals surface area contributed by atoms with Crippen LogP contribution in [0.4, 0.5) is 0 Å². The van der Waals surface area contributed by atoms with Crippen molar-refractivity contribution in [3.63, 3.8) is 0 Å². The molecule has 0 unspecified atom stereocenters. The fourth-order valence-corrected chi connectivity index (χ4v) is 2.22. The van der Waals surface area contributed by atoms with Crippen LogP contribution in [0.1, 0.15) is 18.4 Å². The molecule has 1 aromatic carbocycles. The number of nitrogens with zero attached hydrogens (tertiary/aromatic N) is 1. The van der Waals surface area contributed by atoms with E-state index in [1.165, 1.54) is 0 Å². The first-order valence-electron chi connectivity index (χ1n) is 7.31. The first-order chi connectivity index (χ1) is 10.8. The van der Waals surface area contributed by atoms with Crippen LogP contribution in [0.3, 0.4) is 0 Å². The predicted molar refractivity (Wildman–Crippen MR) is 92.4 cm³/mol. The molecule has 0 saturated carbocycles. The summed E-state index contributed by atoms with van der Waals surface area (Å²) in [6.07, 6.45) is 5.82. The Balaban J connectivity index is 1.78. The number of rotatable bonds is 7. The second kappa shape index (κ2) is 9.17. The summed E-state index contributed by atoms with van der Waals surface area (Å²) in [6.45, 7) is 5.64. The molecule has 0 radical (unpaired) electrons. The number of para-hydroxylation sites is 1. The topological polar surface area (TPSA) is 54.9 Å². The Bertz CT molecular complexity index is 528. The highest BCUT2D eigenvalue weighted by Gasteiger charge is 2.14. The molecule has 0 bridgehead atoms. The van der Waals surface area contributed by atoms with Crippen LogP contribution < -0.4 is 15.5 Å². The van der Waals surface area contributed by atoms with E-state index in [1.807, 2.05) is 24.3 Å². The summed E-state index contributed by atoms with van der Waals surface area (Å²) in [4.78, 5) is 0. The number of hydrazone groups is 1. The van der Waals surface area contributed by atoms with Gasteiger partial charge in [-0.3, -0.25) is 5.43 Å². The Hall–Kier alpha value is -1.92. The lowest BCUT2D eigenvalue weighted by molar-refractivity contribution is 0.114. The standard InChI is InChI=1S/C16H21N3O2S/c1-2-9-21-15-8-4-3-6-13(15)11-18-19-16(22)17-12-14-7-5-10-20-14/h2-4,6,8,11,14H,1,5,7,9-10,12H2,(H2,17,19,22)/b18-11-/t14-/m0/s1. The Morgan fingerprint density at radius 1 is 1.50 bits per heavy atom. The maximum atomic E-state index is 5.56. The zero-order valence-electron chi connectivity index (χ0n) is 12.5. The molecule has 0 amide bonds. The van der Waals surface area contributed by atoms with Gasteiger partial charge >= 0.3 is 0 Å². The summed E-state index contributed by atoms with van der Waals surface area (Å²) in [5, 5.41) is 7.71. The first-order valence-corrected chi connectivity index (χ1v) is 7.71. The van der Waals surface area contributed by atoms with E-state index >= 15 is 0 Å². The van der Waals surface area contributed by atoms with Gasteiger partial charge in [0.25, 0.3) is 0 Å². The Morgan fingerprint density at radius 2 is 2.36 bits per heavy atom. The maximum Gasteiger partial charge on any atom is 0.187 e. The number of hydrogen-bond donors (Lipinski definition) is 2. The van der Waals surface area contributed by atoms with Crippen molar-refractivity contribution in [1.29, 1.82) is 0 Å². The van der Waals surface area contributed by atoms with Crippen molar-refractivity contribution in [2.75, 3.05) is 19.8 Å². The van der Waals surface area contributed by atoms with Crippen LogP contribution in [0.2, 0.25) is 0 Å². The SMILES string of the molecule is C=CCOc1ccccc1/C=N\NC(=S)NC[C@@H]1CCCO1. The third-order valence-corrected chi connectivity index (χ3v) is 3.40. The van der Waals surface area contributed by atoms with Gasteiger partial charge in [0.2, 0.25) is 0 Å². The summed E-state index contributed by atoms with van der Waals surface area (Å²) in [7, 11) is 0. The zero-order valence-corrected chi connectivity index (χ0v) is 13.3. The Morgan fingerprint density at radius 3 is 3.14 bits per heavy atom. The smallest absolute Gasteiger partial charge is 0.187 e. The molecule has 6 heteroatoms. The minimum Gasteiger partial charge on any atom is -0.489 e. The molecule has 22 heavy (non-hydrogen) atoms. The highest BCUT2D eigenvalue weighted by Crippen LogP contribution is 2.15. The van der Waals surface area contributed by atoms with Gasteiger partial charge in [0, 0.05) is 18.7 Å². The van der Waals surface area contributed by atoms with Crippen molar-refractivity contribution in [2.24, 2.45) is 5.10 Å². The molecule has 118 valence electrons. The normalized spacial score (nSPS) is 17.4. The first kappa shape index (κ1) is 16.5. The van der Waals surface area contributed by atoms with Crippen LogP contribution in [0, 0.1) is 0 Å². The van der Waals surface area contributed by atoms with E-state index in [-0.39, 0.29) is 6.10 Å². The molecule has 1 aliphatic rings. The zero-order chi connectivity index (χ0) is 15.6. The van der Waals surface area contributed by atoms with Gasteiger partial charge in [-0.25, -0.2) is 0 Å². The van der Waals surface area contributed by atoms with Gasteiger partial charge in [-0.15, -0.1) is 0 Å². The van der Waals surface area contributed by atoms with Crippen molar-refractivity contribution in [3.8, 4) is 5.75 Å². The third kappa shape index (κ3) is 5.46. The lowest BCUT2D eigenvalue weighted by atomic mass is 10.2. The van der Waals surface area contributed by atoms with Gasteiger partial charge in [-0.2, -0.15) is 5.10 Å². The molecule has 1 heterocycles. The number of benzene rings is 1. The molecule has 1 aromatic rings. The Kier molecular flexibility index (Phi) is 6.86. The molecule has 1 saturated heterocycles. The summed E-state index contributed by atoms with van der Waals surface area (Å²) in [5.74, 6) is 0.756. The second-order valence-electron chi connectivity index (χ2n) is 4.85. The highest BCUT2D eigenvalue weighted by molar-refractivity contribution is 7.80. The van der Waals surface area contributed by atoms with Crippen LogP contribution in [-0.4, -0.2) is 37.2 Å². The molecule has 5 nitrogen and oxygen atoms in total. The monoisotopic (exact) mass is 319 g/mol. The minimum absolute atomic E-state index is 0.247. The predicted octanol–water partition coefficient (Wildman–Crippen LogP) is 2.23. The summed E-state index contributed by atoms with van der Waals surface area (Å²) in [5.41, 5.74) is 3.67. The number of hydrogen-bond acceptors (Lipinski definition) is 4. The van der Waals surface area contributed by atoms with Gasteiger partial charge in [-0.05, 0) is 37.2 Å². The maximum absolute atomic E-state index is 5.56. The van der Waals surface area contributed by atoms with Crippen molar-refractivity contribution in [3.05, 3.63) is 42.5 Å². The van der Waals surface area contributed by atoms with E-state index in [9.17, 15) is 0 Å². The van der Waals surface area contributed by atoms with Crippen LogP contribution in [-0.2, 0) is 4.74 Å². The molecule has 1 fully saturated rings. The average molecular weight is 319 g/mol. The van der Waals surface area contributed by atoms with Crippen LogP contribution in [0.15, 0.2) is 42.0 Å². The molecular formula is C16H21N3O2S. The van der Waals surface area contributed by atoms with Gasteiger partial charge < -0.3 is 14.8 Å². The summed E-state index contributed by atoms with van der Waals surface area (Å²) in [6, 6.07) is 7.65. The van der Waals surface area contributed by atoms with E-state index in [4.69, 9.17) is 21.7 Å². The molecule has 0 aromatic heterocycles.